The summed E-state index contributed by atoms with van der Waals surface area (Å²) in [4.78, 5) is 24.6. The number of unbranched alkanes of at least 4 members (excludes halogenated alkanes) is 32. The maximum absolute atomic E-state index is 12.3. The Labute approximate surface area is 447 Å². The van der Waals surface area contributed by atoms with Crippen LogP contribution in [-0.2, 0) is 19.1 Å². The molecule has 5 heteroatoms. The lowest BCUT2D eigenvalue weighted by molar-refractivity contribution is -0.161. The van der Waals surface area contributed by atoms with Crippen molar-refractivity contribution in [3.63, 3.8) is 0 Å². The van der Waals surface area contributed by atoms with Gasteiger partial charge in [-0.2, -0.15) is 0 Å². The molecule has 0 heterocycles. The Morgan fingerprint density at radius 3 is 0.833 bits per heavy atom. The van der Waals surface area contributed by atoms with Crippen LogP contribution in [0.2, 0.25) is 0 Å². The van der Waals surface area contributed by atoms with Gasteiger partial charge < -0.3 is 14.6 Å². The van der Waals surface area contributed by atoms with Gasteiger partial charge >= 0.3 is 11.9 Å². The largest absolute Gasteiger partial charge is 0.462 e. The average Bonchev–Trinajstić information content (AvgIpc) is 3.38. The second-order valence-corrected chi connectivity index (χ2v) is 20.4. The van der Waals surface area contributed by atoms with Crippen molar-refractivity contribution in [2.75, 3.05) is 13.2 Å². The number of allylic oxidation sites excluding steroid dienone is 16. The minimum absolute atomic E-state index is 0.0709. The molecule has 0 aromatic carbocycles. The van der Waals surface area contributed by atoms with Crippen molar-refractivity contribution < 1.29 is 24.2 Å². The van der Waals surface area contributed by atoms with Crippen molar-refractivity contribution in [1.82, 2.24) is 0 Å². The summed E-state index contributed by atoms with van der Waals surface area (Å²) in [7, 11) is 0. The molecule has 0 rings (SSSR count). The van der Waals surface area contributed by atoms with E-state index in [2.05, 4.69) is 111 Å². The second kappa shape index (κ2) is 62.1. The summed E-state index contributed by atoms with van der Waals surface area (Å²) in [6.45, 7) is 3.93. The lowest BCUT2D eigenvalue weighted by Crippen LogP contribution is -2.28. The van der Waals surface area contributed by atoms with Crippen LogP contribution in [0.1, 0.15) is 296 Å². The number of hydrogen-bond donors (Lipinski definition) is 1. The van der Waals surface area contributed by atoms with Crippen molar-refractivity contribution in [3.8, 4) is 0 Å². The fourth-order valence-corrected chi connectivity index (χ4v) is 8.83. The number of aliphatic hydroxyl groups excluding tert-OH is 1. The second-order valence-electron chi connectivity index (χ2n) is 20.4. The van der Waals surface area contributed by atoms with E-state index in [0.29, 0.717) is 12.8 Å². The van der Waals surface area contributed by atoms with Gasteiger partial charge in [-0.15, -0.1) is 0 Å². The Bertz CT molecular complexity index is 1360. The Morgan fingerprint density at radius 1 is 0.319 bits per heavy atom. The summed E-state index contributed by atoms with van der Waals surface area (Å²) in [5, 5.41) is 9.67. The first kappa shape index (κ1) is 68.8. The fraction of sp³-hybridized carbons (Fsp3) is 0.731. The van der Waals surface area contributed by atoms with Crippen molar-refractivity contribution in [1.29, 1.82) is 0 Å². The summed E-state index contributed by atoms with van der Waals surface area (Å²) in [5.74, 6) is -0.591. The zero-order valence-corrected chi connectivity index (χ0v) is 47.4. The van der Waals surface area contributed by atoms with Gasteiger partial charge in [0.2, 0.25) is 0 Å². The number of esters is 2. The summed E-state index contributed by atoms with van der Waals surface area (Å²) in [5.41, 5.74) is 0. The molecule has 1 atom stereocenters. The highest BCUT2D eigenvalue weighted by molar-refractivity contribution is 5.70. The first-order chi connectivity index (χ1) is 35.6. The van der Waals surface area contributed by atoms with Gasteiger partial charge in [0.1, 0.15) is 6.61 Å². The van der Waals surface area contributed by atoms with E-state index < -0.39 is 6.10 Å². The summed E-state index contributed by atoms with van der Waals surface area (Å²) in [6, 6.07) is 0. The number of carbonyl (C=O) groups excluding carboxylic acids is 2. The molecule has 414 valence electrons. The highest BCUT2D eigenvalue weighted by Gasteiger charge is 2.16. The predicted molar refractivity (Wildman–Crippen MR) is 316 cm³/mol. The SMILES string of the molecule is CC/C=C\C/C=C\C/C=C\C/C=C\CCCCCCCCCCCCCCCCCCCCCCCCCCC(=O)OC(CO)COC(=O)CCCCCCCCCC/C=C\C/C=C\C/C=C\C/C=C\CC. The van der Waals surface area contributed by atoms with Crippen molar-refractivity contribution in [2.45, 2.75) is 302 Å². The summed E-state index contributed by atoms with van der Waals surface area (Å²) >= 11 is 0. The van der Waals surface area contributed by atoms with E-state index in [1.165, 1.54) is 173 Å². The smallest absolute Gasteiger partial charge is 0.306 e. The third kappa shape index (κ3) is 59.4. The van der Waals surface area contributed by atoms with Crippen molar-refractivity contribution in [2.24, 2.45) is 0 Å². The third-order valence-electron chi connectivity index (χ3n) is 13.4. The molecule has 0 aromatic rings. The zero-order valence-electron chi connectivity index (χ0n) is 47.4. The normalized spacial score (nSPS) is 12.9. The molecule has 0 radical (unpaired) electrons. The summed E-state index contributed by atoms with van der Waals surface area (Å²) in [6.07, 6.45) is 88.4. The average molecular weight is 1000 g/mol. The van der Waals surface area contributed by atoms with Gasteiger partial charge in [-0.1, -0.05) is 291 Å². The molecule has 0 aliphatic heterocycles. The van der Waals surface area contributed by atoms with E-state index in [-0.39, 0.29) is 25.2 Å². The van der Waals surface area contributed by atoms with E-state index in [0.717, 1.165) is 96.3 Å². The Kier molecular flexibility index (Phi) is 59.4. The van der Waals surface area contributed by atoms with Crippen molar-refractivity contribution in [3.05, 3.63) is 97.2 Å². The molecule has 0 saturated heterocycles. The monoisotopic (exact) mass is 1000 g/mol. The first-order valence-corrected chi connectivity index (χ1v) is 30.8. The standard InChI is InChI=1S/C67H116O5/c1-3-5-7-9-11-13-15-17-19-21-23-25-26-27-28-29-30-31-32-33-34-35-36-37-38-39-40-42-44-46-48-50-52-54-56-58-60-62-67(70)72-65(63-68)64-71-66(69)61-59-57-55-53-51-49-47-45-43-41-24-22-20-18-16-14-12-10-8-6-4-2/h5-8,11-14,17-20,23-25,41,65,68H,3-4,9-10,15-16,21-22,26-40,42-64H2,1-2H3/b7-5-,8-6-,13-11-,14-12-,19-17-,20-18-,25-23-,41-24-. The van der Waals surface area contributed by atoms with Gasteiger partial charge in [0, 0.05) is 12.8 Å². The Balaban J connectivity index is 3.43. The molecule has 5 nitrogen and oxygen atoms in total. The van der Waals surface area contributed by atoms with Gasteiger partial charge in [-0.25, -0.2) is 0 Å². The molecule has 0 aliphatic carbocycles. The molecule has 1 unspecified atom stereocenters. The first-order valence-electron chi connectivity index (χ1n) is 30.8. The quantitative estimate of drug-likeness (QED) is 0.0373. The van der Waals surface area contributed by atoms with Crippen molar-refractivity contribution >= 4 is 11.9 Å². The number of carbonyl (C=O) groups is 2. The molecule has 0 bridgehead atoms. The van der Waals surface area contributed by atoms with E-state index in [9.17, 15) is 14.7 Å². The molecule has 0 spiro atoms. The molecule has 0 fully saturated rings. The van der Waals surface area contributed by atoms with Gasteiger partial charge in [-0.05, 0) is 89.9 Å². The maximum atomic E-state index is 12.3. The van der Waals surface area contributed by atoms with Gasteiger partial charge in [0.05, 0.1) is 6.61 Å². The van der Waals surface area contributed by atoms with Crippen LogP contribution in [0.25, 0.3) is 0 Å². The number of aliphatic hydroxyl groups is 1. The predicted octanol–water partition coefficient (Wildman–Crippen LogP) is 21.1. The van der Waals surface area contributed by atoms with E-state index in [4.69, 9.17) is 9.47 Å². The lowest BCUT2D eigenvalue weighted by atomic mass is 10.0. The molecule has 0 aliphatic rings. The Hall–Kier alpha value is -3.18. The zero-order chi connectivity index (χ0) is 52.0. The fourth-order valence-electron chi connectivity index (χ4n) is 8.83. The lowest BCUT2D eigenvalue weighted by Gasteiger charge is -2.15. The van der Waals surface area contributed by atoms with Gasteiger partial charge in [0.15, 0.2) is 6.10 Å². The molecule has 0 amide bonds. The highest BCUT2D eigenvalue weighted by atomic mass is 16.6. The highest BCUT2D eigenvalue weighted by Crippen LogP contribution is 2.17. The molecular weight excluding hydrogens is 885 g/mol. The van der Waals surface area contributed by atoms with Crippen LogP contribution >= 0.6 is 0 Å². The number of rotatable bonds is 56. The van der Waals surface area contributed by atoms with Crippen LogP contribution < -0.4 is 0 Å². The topological polar surface area (TPSA) is 72.8 Å². The van der Waals surface area contributed by atoms with E-state index in [1.807, 2.05) is 0 Å². The molecular formula is C67H116O5. The van der Waals surface area contributed by atoms with Crippen LogP contribution in [-0.4, -0.2) is 36.4 Å². The third-order valence-corrected chi connectivity index (χ3v) is 13.4. The minimum Gasteiger partial charge on any atom is -0.462 e. The van der Waals surface area contributed by atoms with Crippen LogP contribution in [0, 0.1) is 0 Å². The van der Waals surface area contributed by atoms with Crippen LogP contribution in [0.5, 0.6) is 0 Å². The number of ether oxygens (including phenoxy) is 2. The van der Waals surface area contributed by atoms with E-state index >= 15 is 0 Å². The molecule has 72 heavy (non-hydrogen) atoms. The molecule has 0 saturated carbocycles. The minimum atomic E-state index is -0.779. The van der Waals surface area contributed by atoms with Gasteiger partial charge in [0.25, 0.3) is 0 Å². The van der Waals surface area contributed by atoms with Gasteiger partial charge in [-0.3, -0.25) is 9.59 Å². The number of hydrogen-bond acceptors (Lipinski definition) is 5. The van der Waals surface area contributed by atoms with Crippen LogP contribution in [0.4, 0.5) is 0 Å². The summed E-state index contributed by atoms with van der Waals surface area (Å²) < 4.78 is 10.7. The van der Waals surface area contributed by atoms with Crippen LogP contribution in [0.3, 0.4) is 0 Å². The van der Waals surface area contributed by atoms with E-state index in [1.54, 1.807) is 0 Å². The molecule has 1 N–H and O–H groups in total. The molecule has 0 aromatic heterocycles. The maximum Gasteiger partial charge on any atom is 0.306 e. The Morgan fingerprint density at radius 2 is 0.556 bits per heavy atom. The van der Waals surface area contributed by atoms with Crippen LogP contribution in [0.15, 0.2) is 97.2 Å².